The summed E-state index contributed by atoms with van der Waals surface area (Å²) in [5.74, 6) is 0.712. The molecule has 1 atom stereocenters. The van der Waals surface area contributed by atoms with Crippen LogP contribution < -0.4 is 5.32 Å². The van der Waals surface area contributed by atoms with E-state index in [2.05, 4.69) is 26.1 Å². The lowest BCUT2D eigenvalue weighted by Gasteiger charge is -2.26. The monoisotopic (exact) mass is 185 g/mol. The number of rotatable bonds is 6. The highest BCUT2D eigenvalue weighted by Crippen LogP contribution is 2.21. The quantitative estimate of drug-likeness (QED) is 0.640. The molecule has 0 saturated heterocycles. The van der Waals surface area contributed by atoms with Crippen molar-refractivity contribution in [2.24, 2.45) is 5.92 Å². The maximum atomic E-state index is 5.65. The first-order valence-corrected chi connectivity index (χ1v) is 5.55. The van der Waals surface area contributed by atoms with Gasteiger partial charge < -0.3 is 10.1 Å². The molecule has 1 unspecified atom stereocenters. The number of hydrogen-bond acceptors (Lipinski definition) is 2. The molecular formula is C11H23NO. The van der Waals surface area contributed by atoms with Crippen molar-refractivity contribution >= 4 is 0 Å². The minimum Gasteiger partial charge on any atom is -0.377 e. The maximum absolute atomic E-state index is 5.65. The molecule has 0 aromatic carbocycles. The Labute approximate surface area is 82.0 Å². The zero-order valence-electron chi connectivity index (χ0n) is 9.18. The van der Waals surface area contributed by atoms with Crippen LogP contribution in [0.1, 0.15) is 40.0 Å². The first kappa shape index (κ1) is 11.0. The van der Waals surface area contributed by atoms with Crippen molar-refractivity contribution in [3.05, 3.63) is 0 Å². The van der Waals surface area contributed by atoms with Crippen molar-refractivity contribution in [3.8, 4) is 0 Å². The van der Waals surface area contributed by atoms with Gasteiger partial charge in [0.1, 0.15) is 0 Å². The first-order chi connectivity index (χ1) is 6.20. The maximum Gasteiger partial charge on any atom is 0.0594 e. The molecule has 1 fully saturated rings. The van der Waals surface area contributed by atoms with E-state index in [0.717, 1.165) is 13.2 Å². The molecule has 0 spiro atoms. The first-order valence-electron chi connectivity index (χ1n) is 5.55. The van der Waals surface area contributed by atoms with Gasteiger partial charge in [-0.3, -0.25) is 0 Å². The van der Waals surface area contributed by atoms with Gasteiger partial charge in [-0.05, 0) is 32.1 Å². The highest BCUT2D eigenvalue weighted by molar-refractivity contribution is 4.69. The van der Waals surface area contributed by atoms with E-state index in [4.69, 9.17) is 4.74 Å². The number of ether oxygens (including phenoxy) is 1. The standard InChI is InChI=1S/C11H23NO/c1-9(2)10(3)12-7-8-13-11-5-4-6-11/h9-12H,4-8H2,1-3H3. The normalized spacial score (nSPS) is 20.3. The zero-order chi connectivity index (χ0) is 9.68. The zero-order valence-corrected chi connectivity index (χ0v) is 9.18. The third-order valence-electron chi connectivity index (χ3n) is 2.97. The van der Waals surface area contributed by atoms with Gasteiger partial charge in [-0.2, -0.15) is 0 Å². The van der Waals surface area contributed by atoms with Crippen molar-refractivity contribution in [1.29, 1.82) is 0 Å². The lowest BCUT2D eigenvalue weighted by atomic mass is 9.96. The van der Waals surface area contributed by atoms with Crippen LogP contribution in [-0.2, 0) is 4.74 Å². The fourth-order valence-electron chi connectivity index (χ4n) is 1.29. The van der Waals surface area contributed by atoms with Crippen molar-refractivity contribution in [1.82, 2.24) is 5.32 Å². The molecule has 1 N–H and O–H groups in total. The summed E-state index contributed by atoms with van der Waals surface area (Å²) < 4.78 is 5.65. The highest BCUT2D eigenvalue weighted by atomic mass is 16.5. The minimum atomic E-state index is 0.580. The summed E-state index contributed by atoms with van der Waals surface area (Å²) in [4.78, 5) is 0. The van der Waals surface area contributed by atoms with Crippen molar-refractivity contribution in [3.63, 3.8) is 0 Å². The highest BCUT2D eigenvalue weighted by Gasteiger charge is 2.17. The molecule has 1 aliphatic carbocycles. The van der Waals surface area contributed by atoms with Gasteiger partial charge >= 0.3 is 0 Å². The molecule has 0 bridgehead atoms. The van der Waals surface area contributed by atoms with Crippen LogP contribution in [0, 0.1) is 5.92 Å². The van der Waals surface area contributed by atoms with Gasteiger partial charge in [0.2, 0.25) is 0 Å². The fraction of sp³-hybridized carbons (Fsp3) is 1.00. The topological polar surface area (TPSA) is 21.3 Å². The molecule has 0 aromatic rings. The Morgan fingerprint density at radius 1 is 1.31 bits per heavy atom. The smallest absolute Gasteiger partial charge is 0.0594 e. The van der Waals surface area contributed by atoms with Crippen LogP contribution in [0.25, 0.3) is 0 Å². The Bertz CT molecular complexity index is 132. The van der Waals surface area contributed by atoms with Gasteiger partial charge in [0.25, 0.3) is 0 Å². The summed E-state index contributed by atoms with van der Waals surface area (Å²) in [6.07, 6.45) is 4.50. The Morgan fingerprint density at radius 3 is 2.46 bits per heavy atom. The molecular weight excluding hydrogens is 162 g/mol. The van der Waals surface area contributed by atoms with Crippen LogP contribution in [0.5, 0.6) is 0 Å². The van der Waals surface area contributed by atoms with E-state index in [-0.39, 0.29) is 0 Å². The second-order valence-corrected chi connectivity index (χ2v) is 4.41. The van der Waals surface area contributed by atoms with Gasteiger partial charge in [0, 0.05) is 12.6 Å². The average Bonchev–Trinajstić information content (AvgIpc) is 2.00. The summed E-state index contributed by atoms with van der Waals surface area (Å²) in [6.45, 7) is 8.58. The lowest BCUT2D eigenvalue weighted by molar-refractivity contribution is 0.00329. The van der Waals surface area contributed by atoms with Crippen molar-refractivity contribution in [2.75, 3.05) is 13.2 Å². The van der Waals surface area contributed by atoms with Gasteiger partial charge in [-0.15, -0.1) is 0 Å². The predicted molar refractivity (Wildman–Crippen MR) is 55.9 cm³/mol. The van der Waals surface area contributed by atoms with E-state index in [1.807, 2.05) is 0 Å². The third-order valence-corrected chi connectivity index (χ3v) is 2.97. The van der Waals surface area contributed by atoms with Crippen LogP contribution in [0.15, 0.2) is 0 Å². The van der Waals surface area contributed by atoms with Crippen LogP contribution >= 0.6 is 0 Å². The molecule has 0 heterocycles. The fourth-order valence-corrected chi connectivity index (χ4v) is 1.29. The van der Waals surface area contributed by atoms with Crippen molar-refractivity contribution in [2.45, 2.75) is 52.2 Å². The molecule has 0 aromatic heterocycles. The Balaban J connectivity index is 1.88. The minimum absolute atomic E-state index is 0.580. The van der Waals surface area contributed by atoms with Crippen molar-refractivity contribution < 1.29 is 4.74 Å². The number of nitrogens with one attached hydrogen (secondary N) is 1. The molecule has 1 aliphatic rings. The molecule has 1 rings (SSSR count). The average molecular weight is 185 g/mol. The molecule has 2 heteroatoms. The Kier molecular flexibility index (Phi) is 4.74. The van der Waals surface area contributed by atoms with Crippen LogP contribution in [0.3, 0.4) is 0 Å². The number of hydrogen-bond donors (Lipinski definition) is 1. The lowest BCUT2D eigenvalue weighted by Crippen LogP contribution is -2.34. The Morgan fingerprint density at radius 2 is 2.00 bits per heavy atom. The molecule has 78 valence electrons. The summed E-state index contributed by atoms with van der Waals surface area (Å²) in [5.41, 5.74) is 0. The molecule has 0 amide bonds. The van der Waals surface area contributed by atoms with E-state index < -0.39 is 0 Å². The molecule has 0 radical (unpaired) electrons. The molecule has 13 heavy (non-hydrogen) atoms. The van der Waals surface area contributed by atoms with E-state index in [1.54, 1.807) is 0 Å². The predicted octanol–water partition coefficient (Wildman–Crippen LogP) is 2.19. The van der Waals surface area contributed by atoms with E-state index in [1.165, 1.54) is 19.3 Å². The van der Waals surface area contributed by atoms with E-state index in [9.17, 15) is 0 Å². The third kappa shape index (κ3) is 4.10. The Hall–Kier alpha value is -0.0800. The summed E-state index contributed by atoms with van der Waals surface area (Å²) in [5, 5.41) is 3.46. The molecule has 2 nitrogen and oxygen atoms in total. The summed E-state index contributed by atoms with van der Waals surface area (Å²) in [7, 11) is 0. The van der Waals surface area contributed by atoms with Gasteiger partial charge in [0.05, 0.1) is 12.7 Å². The SMILES string of the molecule is CC(C)C(C)NCCOC1CCC1. The van der Waals surface area contributed by atoms with Gasteiger partial charge in [-0.1, -0.05) is 13.8 Å². The summed E-state index contributed by atoms with van der Waals surface area (Å²) >= 11 is 0. The van der Waals surface area contributed by atoms with E-state index in [0.29, 0.717) is 18.1 Å². The summed E-state index contributed by atoms with van der Waals surface area (Å²) in [6, 6.07) is 0.602. The second kappa shape index (κ2) is 5.61. The van der Waals surface area contributed by atoms with Crippen LogP contribution in [0.4, 0.5) is 0 Å². The van der Waals surface area contributed by atoms with Crippen LogP contribution in [-0.4, -0.2) is 25.3 Å². The molecule has 1 saturated carbocycles. The van der Waals surface area contributed by atoms with Crippen LogP contribution in [0.2, 0.25) is 0 Å². The van der Waals surface area contributed by atoms with E-state index >= 15 is 0 Å². The molecule has 0 aliphatic heterocycles. The van der Waals surface area contributed by atoms with Gasteiger partial charge in [-0.25, -0.2) is 0 Å². The van der Waals surface area contributed by atoms with Gasteiger partial charge in [0.15, 0.2) is 0 Å². The second-order valence-electron chi connectivity index (χ2n) is 4.41. The largest absolute Gasteiger partial charge is 0.377 e.